The molecular formula is C109H199Br6NO10. The Morgan fingerprint density at radius 2 is 0.683 bits per heavy atom. The Bertz CT molecular complexity index is 3770. The van der Waals surface area contributed by atoms with E-state index in [-0.39, 0.29) is 188 Å². The molecule has 17 heteroatoms. The van der Waals surface area contributed by atoms with Gasteiger partial charge in [-0.05, 0) is 262 Å². The van der Waals surface area contributed by atoms with Gasteiger partial charge in [-0.15, -0.1) is 0 Å². The summed E-state index contributed by atoms with van der Waals surface area (Å²) in [6.45, 7) is 45.8. The van der Waals surface area contributed by atoms with Crippen molar-refractivity contribution in [3.63, 3.8) is 0 Å². The van der Waals surface area contributed by atoms with Gasteiger partial charge in [0, 0.05) is 38.7 Å². The van der Waals surface area contributed by atoms with E-state index < -0.39 is 11.5 Å². The highest BCUT2D eigenvalue weighted by atomic mass is 79.9. The lowest BCUT2D eigenvalue weighted by atomic mass is 9.91. The number of phenols is 1. The molecule has 1 aliphatic rings. The largest absolute Gasteiger partial charge is 0.508 e. The summed E-state index contributed by atoms with van der Waals surface area (Å²) in [6.07, 6.45) is 8.19. The smallest absolute Gasteiger partial charge is 0.311 e. The quantitative estimate of drug-likeness (QED) is 0.0401. The van der Waals surface area contributed by atoms with Crippen molar-refractivity contribution in [3.05, 3.63) is 200 Å². The number of nitrogens with one attached hydrogen (secondary N) is 1. The molecule has 9 unspecified atom stereocenters. The highest BCUT2D eigenvalue weighted by Crippen LogP contribution is 2.36. The standard InChI is InChI=1S/2C14H14Br2.C14H15Br.C10H13Br.C10H14O.C9H18O3.C8H16O2.C6H9NO2.C6H14O2.18CH4/c2*1-3-9(2)10-4-5-11-12(8-10)14(16)7-6-13(11)15;1-3-10(2)12-8-7-11-5-4-6-14(15)13(11)9-12;2*1-3-8(2)9-4-6-10(11)7-5-9;1-5-9(3,4)8(11)12-6-7(2)10;1-5-8(3,4)7(9)10-6-2;1-3-4(2)6(9)7-5(3)8;1-3-6(2)8-5-4-7;;;;;;;;;;;;;;;;;;/h2*4-9H,3H2,1-2H3;4-10H,3H2,1-2H3;4-8H,3H2,1-2H3;4-8,11H,3H2,1-2H3;7,10H,5-6H2,1-4H3;5-6H2,1-4H3;3-4H,1-2H3,(H,7,8,9);6-7H,3-5H2,1-2H3;18*1H4. The third-order valence-electron chi connectivity index (χ3n) is 19.9. The fourth-order valence-corrected chi connectivity index (χ4v) is 12.3. The van der Waals surface area contributed by atoms with Gasteiger partial charge < -0.3 is 29.5 Å². The Morgan fingerprint density at radius 1 is 0.389 bits per heavy atom. The molecule has 8 aromatic carbocycles. The lowest BCUT2D eigenvalue weighted by Gasteiger charge is -2.20. The zero-order chi connectivity index (χ0) is 82.2. The topological polar surface area (TPSA) is 169 Å². The van der Waals surface area contributed by atoms with E-state index in [4.69, 9.17) is 29.5 Å². The van der Waals surface area contributed by atoms with Gasteiger partial charge in [-0.3, -0.25) is 24.5 Å². The summed E-state index contributed by atoms with van der Waals surface area (Å²) in [6, 6.07) is 50.8. The molecule has 8 aromatic rings. The molecule has 0 radical (unpaired) electrons. The molecule has 126 heavy (non-hydrogen) atoms. The van der Waals surface area contributed by atoms with E-state index in [0.29, 0.717) is 54.7 Å². The molecule has 0 saturated carbocycles. The van der Waals surface area contributed by atoms with Crippen LogP contribution in [0, 0.1) is 22.7 Å². The molecule has 1 heterocycles. The molecule has 1 aliphatic heterocycles. The number of amides is 2. The second kappa shape index (κ2) is 86.9. The zero-order valence-corrected chi connectivity index (χ0v) is 78.0. The van der Waals surface area contributed by atoms with Crippen molar-refractivity contribution in [2.45, 2.75) is 379 Å². The predicted octanol–water partition coefficient (Wildman–Crippen LogP) is 39.2. The van der Waals surface area contributed by atoms with Crippen LogP contribution in [0.5, 0.6) is 5.75 Å². The van der Waals surface area contributed by atoms with E-state index in [1.54, 1.807) is 32.9 Å². The highest BCUT2D eigenvalue weighted by molar-refractivity contribution is 9.11. The fourth-order valence-electron chi connectivity index (χ4n) is 9.71. The summed E-state index contributed by atoms with van der Waals surface area (Å²) in [5, 5.41) is 36.1. The van der Waals surface area contributed by atoms with E-state index in [9.17, 15) is 19.2 Å². The summed E-state index contributed by atoms with van der Waals surface area (Å²) in [4.78, 5) is 43.7. The molecule has 0 aliphatic carbocycles. The molecule has 9 rings (SSSR count). The normalized spacial score (nSPS) is 12.7. The first kappa shape index (κ1) is 164. The third-order valence-corrected chi connectivity index (χ3v) is 23.9. The summed E-state index contributed by atoms with van der Waals surface area (Å²) >= 11 is 21.4. The van der Waals surface area contributed by atoms with Crippen molar-refractivity contribution < 1.29 is 48.7 Å². The van der Waals surface area contributed by atoms with Crippen LogP contribution in [-0.4, -0.2) is 77.7 Å². The number of benzene rings is 8. The van der Waals surface area contributed by atoms with Gasteiger partial charge in [0.2, 0.25) is 11.8 Å². The maximum absolute atomic E-state index is 11.3. The van der Waals surface area contributed by atoms with Crippen molar-refractivity contribution in [1.29, 1.82) is 0 Å². The van der Waals surface area contributed by atoms with Crippen molar-refractivity contribution >= 4 is 152 Å². The van der Waals surface area contributed by atoms with Crippen LogP contribution < -0.4 is 5.32 Å². The minimum Gasteiger partial charge on any atom is -0.508 e. The van der Waals surface area contributed by atoms with Gasteiger partial charge >= 0.3 is 11.9 Å². The Hall–Kier alpha value is -4.82. The minimum absolute atomic E-state index is 0. The predicted molar refractivity (Wildman–Crippen MR) is 599 cm³/mol. The zero-order valence-electron chi connectivity index (χ0n) is 68.5. The molecule has 742 valence electrons. The number of hydrogen-bond acceptors (Lipinski definition) is 10. The summed E-state index contributed by atoms with van der Waals surface area (Å²) < 4.78 is 21.8. The lowest BCUT2D eigenvalue weighted by molar-refractivity contribution is -0.157. The van der Waals surface area contributed by atoms with Crippen molar-refractivity contribution in [2.24, 2.45) is 22.7 Å². The highest BCUT2D eigenvalue weighted by Gasteiger charge is 2.34. The summed E-state index contributed by atoms with van der Waals surface area (Å²) in [5.41, 5.74) is 6.23. The lowest BCUT2D eigenvalue weighted by Crippen LogP contribution is -2.28. The monoisotopic (exact) mass is 2160 g/mol. The Balaban J connectivity index is -0.0000000645. The maximum Gasteiger partial charge on any atom is 0.311 e. The molecule has 11 nitrogen and oxygen atoms in total. The number of carbonyl (C=O) groups is 4. The number of ether oxygens (including phenoxy) is 3. The Labute approximate surface area is 832 Å². The van der Waals surface area contributed by atoms with Crippen molar-refractivity contribution in [2.75, 3.05) is 26.4 Å². The second-order valence-electron chi connectivity index (χ2n) is 29.0. The Kier molecular flexibility index (Phi) is 113. The maximum atomic E-state index is 11.3. The average Bonchev–Trinajstić information content (AvgIpc) is 1.21. The first-order chi connectivity index (χ1) is 50.8. The van der Waals surface area contributed by atoms with Crippen LogP contribution in [0.3, 0.4) is 0 Å². The van der Waals surface area contributed by atoms with Crippen LogP contribution in [0.4, 0.5) is 0 Å². The van der Waals surface area contributed by atoms with Crippen LogP contribution in [0.2, 0.25) is 0 Å². The molecule has 0 spiro atoms. The Morgan fingerprint density at radius 3 is 0.976 bits per heavy atom. The van der Waals surface area contributed by atoms with Crippen LogP contribution >= 0.6 is 95.6 Å². The van der Waals surface area contributed by atoms with Crippen LogP contribution in [0.1, 0.15) is 395 Å². The summed E-state index contributed by atoms with van der Waals surface area (Å²) in [7, 11) is 0. The molecule has 0 aromatic heterocycles. The van der Waals surface area contributed by atoms with E-state index in [2.05, 4.69) is 298 Å². The van der Waals surface area contributed by atoms with Gasteiger partial charge in [0.05, 0.1) is 42.9 Å². The van der Waals surface area contributed by atoms with E-state index in [1.165, 1.54) is 90.3 Å². The second-order valence-corrected chi connectivity index (χ2v) is 34.2. The van der Waals surface area contributed by atoms with Crippen LogP contribution in [0.15, 0.2) is 172 Å². The number of aliphatic hydroxyl groups is 2. The number of hydrogen-bond donors (Lipinski definition) is 4. The van der Waals surface area contributed by atoms with Gasteiger partial charge in [0.15, 0.2) is 0 Å². The molecular weight excluding hydrogens is 1960 g/mol. The first-order valence-corrected chi connectivity index (χ1v) is 43.2. The van der Waals surface area contributed by atoms with E-state index in [1.807, 2.05) is 67.5 Å². The number of imide groups is 1. The van der Waals surface area contributed by atoms with Crippen molar-refractivity contribution in [3.8, 4) is 5.75 Å². The van der Waals surface area contributed by atoms with Gasteiger partial charge in [0.25, 0.3) is 0 Å². The number of esters is 2. The van der Waals surface area contributed by atoms with Crippen LogP contribution in [0.25, 0.3) is 32.3 Å². The number of rotatable bonds is 21. The number of phenolic OH excluding ortho intramolecular Hbond substituents is 1. The minimum atomic E-state index is -0.582. The molecule has 2 amide bonds. The number of carbonyl (C=O) groups excluding carboxylic acids is 4. The van der Waals surface area contributed by atoms with E-state index in [0.717, 1.165) is 48.0 Å². The first-order valence-electron chi connectivity index (χ1n) is 38.4. The van der Waals surface area contributed by atoms with Gasteiger partial charge in [-0.1, -0.05) is 406 Å². The molecule has 9 atom stereocenters. The van der Waals surface area contributed by atoms with Crippen LogP contribution in [-0.2, 0) is 33.4 Å². The van der Waals surface area contributed by atoms with Crippen molar-refractivity contribution in [1.82, 2.24) is 5.32 Å². The number of halogens is 6. The fraction of sp³-hybridized carbons (Fsp3) is 0.578. The molecule has 4 N–H and O–H groups in total. The number of fused-ring (bicyclic) bond motifs is 3. The number of aromatic hydroxyl groups is 1. The van der Waals surface area contributed by atoms with E-state index >= 15 is 0 Å². The summed E-state index contributed by atoms with van der Waals surface area (Å²) in [5.74, 6) is 2.58. The SMILES string of the molecule is C.C.C.C.C.C.C.C.C.C.C.C.C.C.C.C.C.C.CC1C(=O)NC(=O)C1C.CCC(C)(C)C(=O)OCC(C)O.CCC(C)OCCO.CCC(C)c1ccc(Br)cc1.CCC(C)c1ccc(O)cc1.CCC(C)c1ccc2c(Br)ccc(Br)c2c1.CCC(C)c1ccc2c(Br)ccc(Br)c2c1.CCC(C)c1ccc2cccc(Br)c2c1.CCOC(=O)C(C)(C)CC. The average molecular weight is 2160 g/mol. The van der Waals surface area contributed by atoms with Gasteiger partial charge in [-0.2, -0.15) is 0 Å². The molecule has 0 bridgehead atoms. The van der Waals surface area contributed by atoms with Gasteiger partial charge in [-0.25, -0.2) is 0 Å². The third kappa shape index (κ3) is 58.8. The molecule has 1 fully saturated rings. The number of aliphatic hydroxyl groups excluding tert-OH is 2. The molecule has 1 saturated heterocycles. The van der Waals surface area contributed by atoms with Gasteiger partial charge in [0.1, 0.15) is 12.4 Å².